The highest BCUT2D eigenvalue weighted by Crippen LogP contribution is 2.31. The Morgan fingerprint density at radius 3 is 2.35 bits per heavy atom. The lowest BCUT2D eigenvalue weighted by molar-refractivity contribution is -0.141. The standard InChI is InChI=1S/C22H15ClF4N4/c1-13-11-31(12-28-13)19-7-2-14(8-17(19)24)9-21-29-18(10-20(30-21)22(25,26)27)15-3-5-16(23)6-4-15/h2-8,10-12H,9H2,1H3. The Morgan fingerprint density at radius 2 is 1.74 bits per heavy atom. The highest BCUT2D eigenvalue weighted by Gasteiger charge is 2.33. The summed E-state index contributed by atoms with van der Waals surface area (Å²) in [6, 6.07) is 11.6. The minimum absolute atomic E-state index is 0.0644. The van der Waals surface area contributed by atoms with Crippen LogP contribution in [0.5, 0.6) is 0 Å². The van der Waals surface area contributed by atoms with Crippen molar-refractivity contribution in [2.45, 2.75) is 19.5 Å². The number of aryl methyl sites for hydroxylation is 1. The molecule has 0 saturated carbocycles. The SMILES string of the molecule is Cc1cn(-c2ccc(Cc3nc(-c4ccc(Cl)cc4)cc(C(F)(F)F)n3)cc2F)cn1. The monoisotopic (exact) mass is 446 g/mol. The van der Waals surface area contributed by atoms with Crippen LogP contribution in [-0.2, 0) is 12.6 Å². The first-order chi connectivity index (χ1) is 14.7. The normalized spacial score (nSPS) is 11.7. The summed E-state index contributed by atoms with van der Waals surface area (Å²) in [6.45, 7) is 1.78. The van der Waals surface area contributed by atoms with Gasteiger partial charge in [0.1, 0.15) is 17.3 Å². The molecule has 0 fully saturated rings. The van der Waals surface area contributed by atoms with Gasteiger partial charge in [0.15, 0.2) is 0 Å². The van der Waals surface area contributed by atoms with Crippen LogP contribution >= 0.6 is 11.6 Å². The van der Waals surface area contributed by atoms with Gasteiger partial charge in [0, 0.05) is 23.2 Å². The maximum absolute atomic E-state index is 14.6. The maximum Gasteiger partial charge on any atom is 0.433 e. The molecule has 0 atom stereocenters. The van der Waals surface area contributed by atoms with E-state index in [1.165, 1.54) is 17.0 Å². The summed E-state index contributed by atoms with van der Waals surface area (Å²) < 4.78 is 56.3. The second-order valence-electron chi connectivity index (χ2n) is 6.94. The number of aromatic nitrogens is 4. The number of alkyl halides is 3. The highest BCUT2D eigenvalue weighted by atomic mass is 35.5. The summed E-state index contributed by atoms with van der Waals surface area (Å²) in [5.41, 5.74) is 0.982. The van der Waals surface area contributed by atoms with Gasteiger partial charge in [-0.1, -0.05) is 29.8 Å². The van der Waals surface area contributed by atoms with Crippen molar-refractivity contribution in [3.63, 3.8) is 0 Å². The lowest BCUT2D eigenvalue weighted by atomic mass is 10.1. The van der Waals surface area contributed by atoms with Crippen molar-refractivity contribution in [2.24, 2.45) is 0 Å². The Bertz CT molecular complexity index is 1230. The fraction of sp³-hybridized carbons (Fsp3) is 0.136. The summed E-state index contributed by atoms with van der Waals surface area (Å²) in [6.07, 6.45) is -1.55. The van der Waals surface area contributed by atoms with Crippen LogP contribution in [0.2, 0.25) is 5.02 Å². The predicted molar refractivity (Wildman–Crippen MR) is 109 cm³/mol. The Morgan fingerprint density at radius 1 is 1.00 bits per heavy atom. The molecule has 2 aromatic carbocycles. The average molecular weight is 447 g/mol. The van der Waals surface area contributed by atoms with Crippen molar-refractivity contribution in [1.82, 2.24) is 19.5 Å². The molecule has 0 radical (unpaired) electrons. The minimum atomic E-state index is -4.65. The smallest absolute Gasteiger partial charge is 0.303 e. The third-order valence-corrected chi connectivity index (χ3v) is 4.82. The van der Waals surface area contributed by atoms with Gasteiger partial charge in [-0.2, -0.15) is 13.2 Å². The average Bonchev–Trinajstić information content (AvgIpc) is 3.14. The van der Waals surface area contributed by atoms with Gasteiger partial charge in [0.2, 0.25) is 0 Å². The van der Waals surface area contributed by atoms with Crippen LogP contribution in [0, 0.1) is 12.7 Å². The molecule has 2 heterocycles. The van der Waals surface area contributed by atoms with Crippen LogP contribution in [0.1, 0.15) is 22.8 Å². The first-order valence-corrected chi connectivity index (χ1v) is 9.57. The molecule has 158 valence electrons. The molecule has 0 bridgehead atoms. The number of nitrogens with zero attached hydrogens (tertiary/aromatic N) is 4. The summed E-state index contributed by atoms with van der Waals surface area (Å²) in [5.74, 6) is -0.592. The zero-order valence-corrected chi connectivity index (χ0v) is 16.9. The van der Waals surface area contributed by atoms with Gasteiger partial charge in [0.25, 0.3) is 0 Å². The zero-order valence-electron chi connectivity index (χ0n) is 16.2. The molecular weight excluding hydrogens is 432 g/mol. The van der Waals surface area contributed by atoms with E-state index in [1.807, 2.05) is 0 Å². The van der Waals surface area contributed by atoms with E-state index >= 15 is 0 Å². The van der Waals surface area contributed by atoms with Crippen LogP contribution in [0.3, 0.4) is 0 Å². The van der Waals surface area contributed by atoms with Crippen LogP contribution < -0.4 is 0 Å². The molecule has 31 heavy (non-hydrogen) atoms. The van der Waals surface area contributed by atoms with Gasteiger partial charge >= 0.3 is 6.18 Å². The Labute approximate surface area is 180 Å². The third-order valence-electron chi connectivity index (χ3n) is 4.57. The molecule has 0 aliphatic heterocycles. The summed E-state index contributed by atoms with van der Waals surface area (Å²) in [4.78, 5) is 12.0. The topological polar surface area (TPSA) is 43.6 Å². The number of rotatable bonds is 4. The van der Waals surface area contributed by atoms with E-state index in [1.54, 1.807) is 49.5 Å². The fourth-order valence-corrected chi connectivity index (χ4v) is 3.22. The van der Waals surface area contributed by atoms with E-state index in [0.717, 1.165) is 11.8 Å². The number of hydrogen-bond acceptors (Lipinski definition) is 3. The van der Waals surface area contributed by atoms with Gasteiger partial charge in [-0.3, -0.25) is 0 Å². The highest BCUT2D eigenvalue weighted by molar-refractivity contribution is 6.30. The van der Waals surface area contributed by atoms with Crippen molar-refractivity contribution in [1.29, 1.82) is 0 Å². The first-order valence-electron chi connectivity index (χ1n) is 9.19. The molecule has 4 nitrogen and oxygen atoms in total. The van der Waals surface area contributed by atoms with Crippen molar-refractivity contribution in [3.8, 4) is 16.9 Å². The minimum Gasteiger partial charge on any atom is -0.303 e. The van der Waals surface area contributed by atoms with E-state index in [2.05, 4.69) is 15.0 Å². The Balaban J connectivity index is 1.69. The fourth-order valence-electron chi connectivity index (χ4n) is 3.10. The number of halogens is 5. The number of imidazole rings is 1. The summed E-state index contributed by atoms with van der Waals surface area (Å²) >= 11 is 5.86. The van der Waals surface area contributed by atoms with Crippen LogP contribution in [0.15, 0.2) is 61.1 Å². The lowest BCUT2D eigenvalue weighted by Gasteiger charge is -2.12. The Kier molecular flexibility index (Phi) is 5.49. The second kappa shape index (κ2) is 8.11. The quantitative estimate of drug-likeness (QED) is 0.359. The van der Waals surface area contributed by atoms with E-state index in [-0.39, 0.29) is 23.6 Å². The molecule has 0 saturated heterocycles. The molecule has 0 unspecified atom stereocenters. The van der Waals surface area contributed by atoms with E-state index in [0.29, 0.717) is 16.1 Å². The van der Waals surface area contributed by atoms with Crippen molar-refractivity contribution in [3.05, 3.63) is 94.7 Å². The van der Waals surface area contributed by atoms with Crippen LogP contribution in [-0.4, -0.2) is 19.5 Å². The molecular formula is C22H15ClF4N4. The van der Waals surface area contributed by atoms with E-state index < -0.39 is 17.7 Å². The largest absolute Gasteiger partial charge is 0.433 e. The predicted octanol–water partition coefficient (Wildman–Crippen LogP) is 6.04. The summed E-state index contributed by atoms with van der Waals surface area (Å²) in [7, 11) is 0. The lowest BCUT2D eigenvalue weighted by Crippen LogP contribution is -2.12. The summed E-state index contributed by atoms with van der Waals surface area (Å²) in [5, 5.41) is 0.456. The van der Waals surface area contributed by atoms with Gasteiger partial charge in [-0.25, -0.2) is 19.3 Å². The van der Waals surface area contributed by atoms with Gasteiger partial charge in [-0.05, 0) is 42.8 Å². The van der Waals surface area contributed by atoms with E-state index in [9.17, 15) is 17.6 Å². The van der Waals surface area contributed by atoms with Crippen molar-refractivity contribution >= 4 is 11.6 Å². The molecule has 0 spiro atoms. The van der Waals surface area contributed by atoms with Crippen LogP contribution in [0.25, 0.3) is 16.9 Å². The molecule has 0 aliphatic rings. The van der Waals surface area contributed by atoms with Crippen molar-refractivity contribution in [2.75, 3.05) is 0 Å². The number of hydrogen-bond donors (Lipinski definition) is 0. The molecule has 4 aromatic rings. The third kappa shape index (κ3) is 4.74. The van der Waals surface area contributed by atoms with E-state index in [4.69, 9.17) is 11.6 Å². The first kappa shape index (κ1) is 21.0. The number of benzene rings is 2. The molecule has 9 heteroatoms. The molecule has 2 aromatic heterocycles. The van der Waals surface area contributed by atoms with Gasteiger partial charge in [-0.15, -0.1) is 0 Å². The van der Waals surface area contributed by atoms with Gasteiger partial charge < -0.3 is 4.57 Å². The molecule has 0 amide bonds. The Hall–Kier alpha value is -3.26. The van der Waals surface area contributed by atoms with Gasteiger partial charge in [0.05, 0.1) is 23.4 Å². The van der Waals surface area contributed by atoms with Crippen molar-refractivity contribution < 1.29 is 17.6 Å². The second-order valence-corrected chi connectivity index (χ2v) is 7.38. The maximum atomic E-state index is 14.6. The molecule has 4 rings (SSSR count). The molecule has 0 N–H and O–H groups in total. The zero-order chi connectivity index (χ0) is 22.2. The van der Waals surface area contributed by atoms with Crippen LogP contribution in [0.4, 0.5) is 17.6 Å². The molecule has 0 aliphatic carbocycles.